The number of primary sulfonamides is 1. The van der Waals surface area contributed by atoms with Crippen LogP contribution in [0.1, 0.15) is 13.3 Å². The second kappa shape index (κ2) is 5.78. The van der Waals surface area contributed by atoms with Crippen LogP contribution in [0.2, 0.25) is 0 Å². The van der Waals surface area contributed by atoms with Crippen molar-refractivity contribution in [2.24, 2.45) is 5.14 Å². The van der Waals surface area contributed by atoms with Crippen LogP contribution in [0.25, 0.3) is 0 Å². The van der Waals surface area contributed by atoms with Crippen LogP contribution >= 0.6 is 0 Å². The van der Waals surface area contributed by atoms with Gasteiger partial charge in [0.15, 0.2) is 0 Å². The highest BCUT2D eigenvalue weighted by atomic mass is 32.2. The molecule has 0 aromatic rings. The molecule has 0 saturated heterocycles. The SMILES string of the molecule is CC(CS(C)(=O)=O)NCCCS(N)(=O)=O. The molecule has 0 aliphatic heterocycles. The molecule has 0 spiro atoms. The van der Waals surface area contributed by atoms with Gasteiger partial charge in [0.25, 0.3) is 0 Å². The molecule has 0 aliphatic carbocycles. The number of nitrogens with two attached hydrogens (primary N) is 1. The van der Waals surface area contributed by atoms with Crippen LogP contribution in [0.15, 0.2) is 0 Å². The molecule has 3 N–H and O–H groups in total. The summed E-state index contributed by atoms with van der Waals surface area (Å²) in [7, 11) is -6.41. The molecule has 1 atom stereocenters. The molecule has 0 rings (SSSR count). The first-order valence-electron chi connectivity index (χ1n) is 4.52. The Hall–Kier alpha value is -0.180. The highest BCUT2D eigenvalue weighted by Gasteiger charge is 2.09. The average molecular weight is 258 g/mol. The number of sulfonamides is 1. The van der Waals surface area contributed by atoms with Gasteiger partial charge >= 0.3 is 0 Å². The molecule has 1 unspecified atom stereocenters. The van der Waals surface area contributed by atoms with Crippen molar-refractivity contribution in [2.45, 2.75) is 19.4 Å². The summed E-state index contributed by atoms with van der Waals surface area (Å²) in [6.07, 6.45) is 1.54. The van der Waals surface area contributed by atoms with Crippen LogP contribution < -0.4 is 10.5 Å². The summed E-state index contributed by atoms with van der Waals surface area (Å²) in [5.41, 5.74) is 0. The Morgan fingerprint density at radius 1 is 1.27 bits per heavy atom. The minimum absolute atomic E-state index is 0.0440. The van der Waals surface area contributed by atoms with Gasteiger partial charge in [0.1, 0.15) is 9.84 Å². The number of hydrogen-bond donors (Lipinski definition) is 2. The number of sulfone groups is 1. The molecule has 15 heavy (non-hydrogen) atoms. The van der Waals surface area contributed by atoms with Gasteiger partial charge in [0.2, 0.25) is 10.0 Å². The lowest BCUT2D eigenvalue weighted by atomic mass is 10.3. The molecular formula is C7H18N2O4S2. The fourth-order valence-corrected chi connectivity index (χ4v) is 2.71. The van der Waals surface area contributed by atoms with Crippen molar-refractivity contribution in [3.8, 4) is 0 Å². The van der Waals surface area contributed by atoms with Crippen molar-refractivity contribution in [3.63, 3.8) is 0 Å². The van der Waals surface area contributed by atoms with E-state index in [0.717, 1.165) is 6.26 Å². The van der Waals surface area contributed by atoms with Gasteiger partial charge in [-0.25, -0.2) is 22.0 Å². The Kier molecular flexibility index (Phi) is 5.71. The summed E-state index contributed by atoms with van der Waals surface area (Å²) >= 11 is 0. The number of rotatable bonds is 7. The first kappa shape index (κ1) is 14.8. The highest BCUT2D eigenvalue weighted by molar-refractivity contribution is 7.90. The molecule has 0 amide bonds. The molecule has 0 radical (unpaired) electrons. The molecule has 6 nitrogen and oxygen atoms in total. The zero-order valence-electron chi connectivity index (χ0n) is 8.93. The molecule has 0 saturated carbocycles. The van der Waals surface area contributed by atoms with E-state index in [1.807, 2.05) is 0 Å². The fraction of sp³-hybridized carbons (Fsp3) is 1.00. The highest BCUT2D eigenvalue weighted by Crippen LogP contribution is 1.91. The lowest BCUT2D eigenvalue weighted by Gasteiger charge is -2.11. The van der Waals surface area contributed by atoms with E-state index in [4.69, 9.17) is 5.14 Å². The van der Waals surface area contributed by atoms with Crippen molar-refractivity contribution in [1.82, 2.24) is 5.32 Å². The van der Waals surface area contributed by atoms with E-state index in [-0.39, 0.29) is 17.5 Å². The van der Waals surface area contributed by atoms with Gasteiger partial charge in [-0.2, -0.15) is 0 Å². The summed E-state index contributed by atoms with van der Waals surface area (Å²) in [5.74, 6) is -0.0476. The van der Waals surface area contributed by atoms with Gasteiger partial charge < -0.3 is 5.32 Å². The maximum Gasteiger partial charge on any atom is 0.209 e. The third-order valence-corrected chi connectivity index (χ3v) is 3.61. The molecule has 0 aromatic carbocycles. The van der Waals surface area contributed by atoms with Crippen molar-refractivity contribution < 1.29 is 16.8 Å². The number of nitrogens with one attached hydrogen (secondary N) is 1. The molecule has 0 aromatic heterocycles. The third-order valence-electron chi connectivity index (χ3n) is 1.65. The zero-order chi connectivity index (χ0) is 12.1. The summed E-state index contributed by atoms with van der Waals surface area (Å²) in [5, 5.41) is 7.72. The molecule has 0 heterocycles. The minimum atomic E-state index is -3.42. The van der Waals surface area contributed by atoms with Gasteiger partial charge in [-0.1, -0.05) is 0 Å². The lowest BCUT2D eigenvalue weighted by Crippen LogP contribution is -2.34. The second-order valence-electron chi connectivity index (χ2n) is 3.67. The normalized spacial score (nSPS) is 15.1. The first-order chi connectivity index (χ1) is 6.60. The molecule has 0 bridgehead atoms. The van der Waals surface area contributed by atoms with Crippen LogP contribution in [0.3, 0.4) is 0 Å². The Morgan fingerprint density at radius 2 is 1.80 bits per heavy atom. The minimum Gasteiger partial charge on any atom is -0.313 e. The standard InChI is InChI=1S/C7H18N2O4S2/c1-7(6-14(2,10)11)9-4-3-5-15(8,12)13/h7,9H,3-6H2,1-2H3,(H2,8,12,13). The van der Waals surface area contributed by atoms with Gasteiger partial charge in [-0.05, 0) is 19.9 Å². The van der Waals surface area contributed by atoms with Crippen LogP contribution in [-0.2, 0) is 19.9 Å². The maximum absolute atomic E-state index is 10.9. The molecular weight excluding hydrogens is 240 g/mol. The predicted molar refractivity (Wildman–Crippen MR) is 59.8 cm³/mol. The quantitative estimate of drug-likeness (QED) is 0.551. The molecule has 0 fully saturated rings. The third kappa shape index (κ3) is 11.7. The lowest BCUT2D eigenvalue weighted by molar-refractivity contribution is 0.553. The summed E-state index contributed by atoms with van der Waals surface area (Å²) in [6.45, 7) is 2.17. The van der Waals surface area contributed by atoms with E-state index < -0.39 is 19.9 Å². The van der Waals surface area contributed by atoms with E-state index in [9.17, 15) is 16.8 Å². The van der Waals surface area contributed by atoms with Crippen molar-refractivity contribution in [3.05, 3.63) is 0 Å². The van der Waals surface area contributed by atoms with Crippen LogP contribution in [0, 0.1) is 0 Å². The largest absolute Gasteiger partial charge is 0.313 e. The molecule has 0 aliphatic rings. The second-order valence-corrected chi connectivity index (χ2v) is 7.59. The summed E-state index contributed by atoms with van der Waals surface area (Å²) in [4.78, 5) is 0. The maximum atomic E-state index is 10.9. The predicted octanol–water partition coefficient (Wildman–Crippen LogP) is -1.31. The van der Waals surface area contributed by atoms with Gasteiger partial charge in [0, 0.05) is 12.3 Å². The molecule has 92 valence electrons. The first-order valence-corrected chi connectivity index (χ1v) is 8.29. The van der Waals surface area contributed by atoms with Crippen LogP contribution in [-0.4, -0.2) is 47.2 Å². The zero-order valence-corrected chi connectivity index (χ0v) is 10.6. The van der Waals surface area contributed by atoms with Crippen LogP contribution in [0.4, 0.5) is 0 Å². The monoisotopic (exact) mass is 258 g/mol. The van der Waals surface area contributed by atoms with Crippen molar-refractivity contribution in [1.29, 1.82) is 0 Å². The summed E-state index contributed by atoms with van der Waals surface area (Å²) < 4.78 is 42.9. The average Bonchev–Trinajstić information content (AvgIpc) is 1.92. The topological polar surface area (TPSA) is 106 Å². The fourth-order valence-electron chi connectivity index (χ4n) is 1.13. The van der Waals surface area contributed by atoms with E-state index in [2.05, 4.69) is 5.32 Å². The van der Waals surface area contributed by atoms with Gasteiger partial charge in [-0.15, -0.1) is 0 Å². The number of hydrogen-bond acceptors (Lipinski definition) is 5. The van der Waals surface area contributed by atoms with Gasteiger partial charge in [0.05, 0.1) is 11.5 Å². The van der Waals surface area contributed by atoms with Crippen molar-refractivity contribution in [2.75, 3.05) is 24.3 Å². The van der Waals surface area contributed by atoms with Crippen LogP contribution in [0.5, 0.6) is 0 Å². The van der Waals surface area contributed by atoms with E-state index in [0.29, 0.717) is 13.0 Å². The molecule has 8 heteroatoms. The van der Waals surface area contributed by atoms with E-state index in [1.54, 1.807) is 6.92 Å². The smallest absolute Gasteiger partial charge is 0.209 e. The van der Waals surface area contributed by atoms with E-state index in [1.165, 1.54) is 0 Å². The Bertz CT molecular complexity index is 374. The Balaban J connectivity index is 3.70. The van der Waals surface area contributed by atoms with Crippen molar-refractivity contribution >= 4 is 19.9 Å². The van der Waals surface area contributed by atoms with E-state index >= 15 is 0 Å². The van der Waals surface area contributed by atoms with Gasteiger partial charge in [-0.3, -0.25) is 0 Å². The Labute approximate surface area is 91.2 Å². The summed E-state index contributed by atoms with van der Waals surface area (Å²) in [6, 6.07) is -0.180. The Morgan fingerprint density at radius 3 is 2.20 bits per heavy atom.